The fourth-order valence-corrected chi connectivity index (χ4v) is 2.60. The highest BCUT2D eigenvalue weighted by Gasteiger charge is 2.22. The van der Waals surface area contributed by atoms with Crippen molar-refractivity contribution in [3.8, 4) is 17.5 Å². The number of rotatable bonds is 2. The second kappa shape index (κ2) is 5.37. The van der Waals surface area contributed by atoms with E-state index in [0.717, 1.165) is 25.2 Å². The summed E-state index contributed by atoms with van der Waals surface area (Å²) in [5.74, 6) is 0.850. The summed E-state index contributed by atoms with van der Waals surface area (Å²) in [5, 5.41) is 9.37. The van der Waals surface area contributed by atoms with Gasteiger partial charge in [-0.2, -0.15) is 5.26 Å². The normalized spacial score (nSPS) is 17.7. The number of nitrogens with zero attached hydrogens (tertiary/aromatic N) is 5. The molecule has 106 valence electrons. The molecule has 3 heterocycles. The Morgan fingerprint density at radius 2 is 2.10 bits per heavy atom. The molecule has 1 fully saturated rings. The van der Waals surface area contributed by atoms with Crippen molar-refractivity contribution < 1.29 is 0 Å². The molecule has 1 aliphatic rings. The molecule has 0 spiro atoms. The SMILES string of the molecule is CC1CCN(c2ccc(-c3ccnc(N)n3)nc2C#N)C1. The van der Waals surface area contributed by atoms with Gasteiger partial charge in [-0.3, -0.25) is 0 Å². The van der Waals surface area contributed by atoms with E-state index >= 15 is 0 Å². The third-order valence-electron chi connectivity index (χ3n) is 3.68. The third kappa shape index (κ3) is 2.63. The van der Waals surface area contributed by atoms with Crippen LogP contribution in [-0.2, 0) is 0 Å². The van der Waals surface area contributed by atoms with Crippen LogP contribution in [0.2, 0.25) is 0 Å². The first-order valence-corrected chi connectivity index (χ1v) is 6.92. The predicted molar refractivity (Wildman–Crippen MR) is 80.4 cm³/mol. The topological polar surface area (TPSA) is 91.7 Å². The number of aromatic nitrogens is 3. The minimum Gasteiger partial charge on any atom is -0.369 e. The molecule has 1 unspecified atom stereocenters. The van der Waals surface area contributed by atoms with Crippen LogP contribution in [0.4, 0.5) is 11.6 Å². The summed E-state index contributed by atoms with van der Waals surface area (Å²) >= 11 is 0. The van der Waals surface area contributed by atoms with Crippen molar-refractivity contribution in [2.75, 3.05) is 23.7 Å². The van der Waals surface area contributed by atoms with E-state index in [2.05, 4.69) is 32.8 Å². The lowest BCUT2D eigenvalue weighted by molar-refractivity contribution is 0.659. The molecule has 21 heavy (non-hydrogen) atoms. The zero-order valence-electron chi connectivity index (χ0n) is 11.8. The van der Waals surface area contributed by atoms with E-state index in [0.29, 0.717) is 23.0 Å². The molecule has 2 N–H and O–H groups in total. The summed E-state index contributed by atoms with van der Waals surface area (Å²) in [6.07, 6.45) is 2.73. The summed E-state index contributed by atoms with van der Waals surface area (Å²) in [6, 6.07) is 7.74. The van der Waals surface area contributed by atoms with Gasteiger partial charge in [-0.1, -0.05) is 6.92 Å². The highest BCUT2D eigenvalue weighted by atomic mass is 15.2. The molecule has 2 aromatic heterocycles. The zero-order valence-corrected chi connectivity index (χ0v) is 11.8. The largest absolute Gasteiger partial charge is 0.369 e. The van der Waals surface area contributed by atoms with Gasteiger partial charge in [-0.25, -0.2) is 15.0 Å². The molecule has 1 saturated heterocycles. The van der Waals surface area contributed by atoms with Crippen molar-refractivity contribution in [1.82, 2.24) is 15.0 Å². The van der Waals surface area contributed by atoms with Crippen molar-refractivity contribution in [3.05, 3.63) is 30.1 Å². The zero-order chi connectivity index (χ0) is 14.8. The number of anilines is 2. The molecular formula is C15H16N6. The molecular weight excluding hydrogens is 264 g/mol. The second-order valence-corrected chi connectivity index (χ2v) is 5.32. The molecule has 0 saturated carbocycles. The summed E-state index contributed by atoms with van der Waals surface area (Å²) in [4.78, 5) is 14.6. The van der Waals surface area contributed by atoms with Crippen molar-refractivity contribution in [3.63, 3.8) is 0 Å². The average Bonchev–Trinajstić information content (AvgIpc) is 2.93. The Bertz CT molecular complexity index is 706. The van der Waals surface area contributed by atoms with Crippen LogP contribution >= 0.6 is 0 Å². The summed E-state index contributed by atoms with van der Waals surface area (Å²) in [7, 11) is 0. The predicted octanol–water partition coefficient (Wildman–Crippen LogP) is 1.84. The molecule has 6 heteroatoms. The molecule has 0 amide bonds. The van der Waals surface area contributed by atoms with E-state index in [9.17, 15) is 5.26 Å². The summed E-state index contributed by atoms with van der Waals surface area (Å²) in [5.41, 5.74) is 8.17. The first kappa shape index (κ1) is 13.3. The first-order valence-electron chi connectivity index (χ1n) is 6.92. The van der Waals surface area contributed by atoms with Crippen LogP contribution in [0.25, 0.3) is 11.4 Å². The van der Waals surface area contributed by atoms with Crippen molar-refractivity contribution in [2.45, 2.75) is 13.3 Å². The fourth-order valence-electron chi connectivity index (χ4n) is 2.60. The maximum Gasteiger partial charge on any atom is 0.220 e. The van der Waals surface area contributed by atoms with Crippen LogP contribution in [-0.4, -0.2) is 28.0 Å². The van der Waals surface area contributed by atoms with Crippen LogP contribution < -0.4 is 10.6 Å². The first-order chi connectivity index (χ1) is 10.2. The Labute approximate surface area is 123 Å². The van der Waals surface area contributed by atoms with Gasteiger partial charge in [0.05, 0.1) is 17.1 Å². The van der Waals surface area contributed by atoms with E-state index < -0.39 is 0 Å². The van der Waals surface area contributed by atoms with Crippen molar-refractivity contribution >= 4 is 11.6 Å². The Hall–Kier alpha value is -2.68. The lowest BCUT2D eigenvalue weighted by atomic mass is 10.2. The fraction of sp³-hybridized carbons (Fsp3) is 0.333. The van der Waals surface area contributed by atoms with E-state index in [1.807, 2.05) is 12.1 Å². The lowest BCUT2D eigenvalue weighted by Gasteiger charge is -2.19. The maximum atomic E-state index is 9.37. The van der Waals surface area contributed by atoms with Crippen molar-refractivity contribution in [1.29, 1.82) is 5.26 Å². The van der Waals surface area contributed by atoms with E-state index in [1.54, 1.807) is 12.3 Å². The maximum absolute atomic E-state index is 9.37. The number of hydrogen-bond donors (Lipinski definition) is 1. The quantitative estimate of drug-likeness (QED) is 0.902. The second-order valence-electron chi connectivity index (χ2n) is 5.32. The lowest BCUT2D eigenvalue weighted by Crippen LogP contribution is -2.20. The van der Waals surface area contributed by atoms with Gasteiger partial charge < -0.3 is 10.6 Å². The van der Waals surface area contributed by atoms with Gasteiger partial charge >= 0.3 is 0 Å². The Morgan fingerprint density at radius 1 is 1.29 bits per heavy atom. The smallest absolute Gasteiger partial charge is 0.220 e. The highest BCUT2D eigenvalue weighted by Crippen LogP contribution is 2.27. The number of nitrogens with two attached hydrogens (primary N) is 1. The number of nitriles is 1. The monoisotopic (exact) mass is 280 g/mol. The summed E-state index contributed by atoms with van der Waals surface area (Å²) < 4.78 is 0. The standard InChI is InChI=1S/C15H16N6/c1-10-5-7-21(9-10)14-3-2-11(19-13(14)8-16)12-4-6-18-15(17)20-12/h2-4,6,10H,5,7,9H2,1H3,(H2,17,18,20). The van der Waals surface area contributed by atoms with E-state index in [1.165, 1.54) is 0 Å². The van der Waals surface area contributed by atoms with Gasteiger partial charge in [0.15, 0.2) is 5.69 Å². The molecule has 0 radical (unpaired) electrons. The molecule has 3 rings (SSSR count). The summed E-state index contributed by atoms with van der Waals surface area (Å²) in [6.45, 7) is 4.16. The minimum atomic E-state index is 0.199. The van der Waals surface area contributed by atoms with Crippen LogP contribution in [0.15, 0.2) is 24.4 Å². The Balaban J connectivity index is 1.98. The van der Waals surface area contributed by atoms with E-state index in [4.69, 9.17) is 5.73 Å². The van der Waals surface area contributed by atoms with Gasteiger partial charge in [0.25, 0.3) is 0 Å². The van der Waals surface area contributed by atoms with Gasteiger partial charge in [0, 0.05) is 19.3 Å². The van der Waals surface area contributed by atoms with Crippen LogP contribution in [0.3, 0.4) is 0 Å². The third-order valence-corrected chi connectivity index (χ3v) is 3.68. The molecule has 0 bridgehead atoms. The Morgan fingerprint density at radius 3 is 2.76 bits per heavy atom. The number of pyridine rings is 1. The molecule has 2 aromatic rings. The minimum absolute atomic E-state index is 0.199. The van der Waals surface area contributed by atoms with E-state index in [-0.39, 0.29) is 5.95 Å². The molecule has 6 nitrogen and oxygen atoms in total. The number of nitrogen functional groups attached to an aromatic ring is 1. The molecule has 1 aliphatic heterocycles. The Kier molecular flexibility index (Phi) is 3.40. The van der Waals surface area contributed by atoms with Crippen LogP contribution in [0.5, 0.6) is 0 Å². The molecule has 1 atom stereocenters. The molecule has 0 aromatic carbocycles. The van der Waals surface area contributed by atoms with Crippen LogP contribution in [0.1, 0.15) is 19.0 Å². The van der Waals surface area contributed by atoms with Gasteiger partial charge in [0.1, 0.15) is 6.07 Å². The highest BCUT2D eigenvalue weighted by molar-refractivity contribution is 5.64. The molecule has 0 aliphatic carbocycles. The average molecular weight is 280 g/mol. The van der Waals surface area contributed by atoms with Crippen LogP contribution in [0, 0.1) is 17.2 Å². The van der Waals surface area contributed by atoms with Crippen molar-refractivity contribution in [2.24, 2.45) is 5.92 Å². The van der Waals surface area contributed by atoms with Gasteiger partial charge in [-0.05, 0) is 30.5 Å². The van der Waals surface area contributed by atoms with Gasteiger partial charge in [0.2, 0.25) is 5.95 Å². The number of hydrogen-bond acceptors (Lipinski definition) is 6. The van der Waals surface area contributed by atoms with Gasteiger partial charge in [-0.15, -0.1) is 0 Å².